The molecule has 0 bridgehead atoms. The third-order valence-electron chi connectivity index (χ3n) is 2.90. The van der Waals surface area contributed by atoms with Gasteiger partial charge in [0, 0.05) is 6.07 Å². The van der Waals surface area contributed by atoms with Crippen LogP contribution in [0.4, 0.5) is 5.69 Å². The summed E-state index contributed by atoms with van der Waals surface area (Å²) in [5.74, 6) is 0.528. The van der Waals surface area contributed by atoms with E-state index in [9.17, 15) is 8.42 Å². The van der Waals surface area contributed by atoms with Crippen molar-refractivity contribution in [1.29, 1.82) is 0 Å². The smallest absolute Gasteiger partial charge is 0.271 e. The third-order valence-corrected chi connectivity index (χ3v) is 6.17. The van der Waals surface area contributed by atoms with Crippen molar-refractivity contribution in [2.75, 3.05) is 4.72 Å². The summed E-state index contributed by atoms with van der Waals surface area (Å²) < 4.78 is 32.5. The molecule has 0 saturated heterocycles. The van der Waals surface area contributed by atoms with Gasteiger partial charge in [0.2, 0.25) is 0 Å². The maximum atomic E-state index is 12.4. The highest BCUT2D eigenvalue weighted by Gasteiger charge is 2.19. The monoisotopic (exact) mass is 354 g/mol. The molecule has 0 aliphatic carbocycles. The normalized spacial score (nSPS) is 11.5. The van der Waals surface area contributed by atoms with Gasteiger partial charge in [0.15, 0.2) is 5.76 Å². The molecular weight excluding hydrogens is 344 g/mol. The van der Waals surface area contributed by atoms with Crippen molar-refractivity contribution in [2.45, 2.75) is 11.1 Å². The Kier molecular flexibility index (Phi) is 3.94. The van der Waals surface area contributed by atoms with Gasteiger partial charge in [0.05, 0.1) is 21.8 Å². The Morgan fingerprint density at radius 1 is 1.23 bits per heavy atom. The lowest BCUT2D eigenvalue weighted by Crippen LogP contribution is -2.11. The van der Waals surface area contributed by atoms with Crippen LogP contribution in [-0.4, -0.2) is 13.6 Å². The van der Waals surface area contributed by atoms with Gasteiger partial charge in [-0.15, -0.1) is 11.3 Å². The van der Waals surface area contributed by atoms with Gasteiger partial charge in [0.1, 0.15) is 4.21 Å². The van der Waals surface area contributed by atoms with E-state index >= 15 is 0 Å². The molecule has 3 rings (SSSR count). The number of sulfonamides is 1. The molecule has 1 N–H and O–H groups in total. The molecule has 2 aromatic heterocycles. The zero-order chi connectivity index (χ0) is 15.7. The van der Waals surface area contributed by atoms with E-state index in [0.29, 0.717) is 21.3 Å². The molecule has 0 saturated carbocycles. The number of aromatic nitrogens is 1. The van der Waals surface area contributed by atoms with E-state index in [4.69, 9.17) is 16.1 Å². The lowest BCUT2D eigenvalue weighted by atomic mass is 10.2. The van der Waals surface area contributed by atoms with Gasteiger partial charge < -0.3 is 4.52 Å². The number of hydrogen-bond donors (Lipinski definition) is 1. The van der Waals surface area contributed by atoms with Crippen LogP contribution in [0.15, 0.2) is 51.3 Å². The molecule has 8 heteroatoms. The second-order valence-electron chi connectivity index (χ2n) is 4.58. The standard InChI is InChI=1S/C14H11ClN2O3S2/c1-9-2-3-11(10(15)8-9)17-22(18,19)14-5-4-13(21-14)12-6-7-16-20-12/h2-8,17H,1H3. The molecule has 3 aromatic rings. The van der Waals surface area contributed by atoms with Crippen LogP contribution in [0.3, 0.4) is 0 Å². The lowest BCUT2D eigenvalue weighted by Gasteiger charge is -2.08. The predicted molar refractivity (Wildman–Crippen MR) is 86.8 cm³/mol. The van der Waals surface area contributed by atoms with Gasteiger partial charge in [0.25, 0.3) is 10.0 Å². The number of aryl methyl sites for hydroxylation is 1. The highest BCUT2D eigenvalue weighted by Crippen LogP contribution is 2.32. The average Bonchev–Trinajstić information content (AvgIpc) is 3.11. The summed E-state index contributed by atoms with van der Waals surface area (Å²) in [6.45, 7) is 1.88. The molecular formula is C14H11ClN2O3S2. The van der Waals surface area contributed by atoms with E-state index in [-0.39, 0.29) is 4.21 Å². The summed E-state index contributed by atoms with van der Waals surface area (Å²) in [6, 6.07) is 10.0. The first-order valence-corrected chi connectivity index (χ1v) is 8.93. The summed E-state index contributed by atoms with van der Waals surface area (Å²) >= 11 is 7.16. The van der Waals surface area contributed by atoms with Gasteiger partial charge in [-0.05, 0) is 36.8 Å². The van der Waals surface area contributed by atoms with Crippen molar-refractivity contribution in [3.05, 3.63) is 53.2 Å². The average molecular weight is 355 g/mol. The van der Waals surface area contributed by atoms with E-state index < -0.39 is 10.0 Å². The second-order valence-corrected chi connectivity index (χ2v) is 7.98. The predicted octanol–water partition coefficient (Wildman–Crippen LogP) is 4.17. The molecule has 0 spiro atoms. The number of benzene rings is 1. The minimum atomic E-state index is -3.70. The lowest BCUT2D eigenvalue weighted by molar-refractivity contribution is 0.433. The molecule has 0 amide bonds. The maximum absolute atomic E-state index is 12.4. The zero-order valence-corrected chi connectivity index (χ0v) is 13.8. The second kappa shape index (κ2) is 5.75. The molecule has 2 heterocycles. The van der Waals surface area contributed by atoms with Crippen molar-refractivity contribution in [1.82, 2.24) is 5.16 Å². The van der Waals surface area contributed by atoms with Gasteiger partial charge in [-0.3, -0.25) is 4.72 Å². The van der Waals surface area contributed by atoms with Crippen molar-refractivity contribution in [2.24, 2.45) is 0 Å². The Hall–Kier alpha value is -1.83. The van der Waals surface area contributed by atoms with Crippen LogP contribution < -0.4 is 4.72 Å². The van der Waals surface area contributed by atoms with Crippen LogP contribution in [0.1, 0.15) is 5.56 Å². The van der Waals surface area contributed by atoms with Gasteiger partial charge >= 0.3 is 0 Å². The van der Waals surface area contributed by atoms with Crippen LogP contribution in [0.2, 0.25) is 5.02 Å². The summed E-state index contributed by atoms with van der Waals surface area (Å²) in [5, 5.41) is 3.96. The van der Waals surface area contributed by atoms with E-state index in [0.717, 1.165) is 16.9 Å². The number of hydrogen-bond acceptors (Lipinski definition) is 5. The molecule has 0 fully saturated rings. The van der Waals surface area contributed by atoms with Crippen LogP contribution in [0.25, 0.3) is 10.6 Å². The Bertz CT molecular complexity index is 902. The molecule has 1 aromatic carbocycles. The van der Waals surface area contributed by atoms with E-state index in [1.54, 1.807) is 30.3 Å². The minimum absolute atomic E-state index is 0.176. The Balaban J connectivity index is 1.90. The molecule has 0 atom stereocenters. The third kappa shape index (κ3) is 3.01. The molecule has 114 valence electrons. The minimum Gasteiger partial charge on any atom is -0.355 e. The fraction of sp³-hybridized carbons (Fsp3) is 0.0714. The first-order chi connectivity index (χ1) is 10.5. The summed E-state index contributed by atoms with van der Waals surface area (Å²) in [4.78, 5) is 0.688. The highest BCUT2D eigenvalue weighted by atomic mass is 35.5. The van der Waals surface area contributed by atoms with E-state index in [1.165, 1.54) is 12.3 Å². The number of anilines is 1. The fourth-order valence-corrected chi connectivity index (χ4v) is 4.52. The largest absolute Gasteiger partial charge is 0.355 e. The van der Waals surface area contributed by atoms with Crippen LogP contribution in [0, 0.1) is 6.92 Å². The Labute approximate surface area is 136 Å². The molecule has 22 heavy (non-hydrogen) atoms. The van der Waals surface area contributed by atoms with Crippen molar-refractivity contribution >= 4 is 38.6 Å². The van der Waals surface area contributed by atoms with Crippen molar-refractivity contribution < 1.29 is 12.9 Å². The first kappa shape index (κ1) is 15.1. The molecule has 0 radical (unpaired) electrons. The quantitative estimate of drug-likeness (QED) is 0.763. The summed E-state index contributed by atoms with van der Waals surface area (Å²) in [6.07, 6.45) is 1.51. The maximum Gasteiger partial charge on any atom is 0.271 e. The topological polar surface area (TPSA) is 72.2 Å². The molecule has 0 aliphatic rings. The SMILES string of the molecule is Cc1ccc(NS(=O)(=O)c2ccc(-c3ccno3)s2)c(Cl)c1. The highest BCUT2D eigenvalue weighted by molar-refractivity contribution is 7.94. The van der Waals surface area contributed by atoms with E-state index in [1.807, 2.05) is 6.92 Å². The van der Waals surface area contributed by atoms with Gasteiger partial charge in [-0.25, -0.2) is 8.42 Å². The van der Waals surface area contributed by atoms with Crippen LogP contribution in [0.5, 0.6) is 0 Å². The van der Waals surface area contributed by atoms with Crippen LogP contribution >= 0.6 is 22.9 Å². The number of halogens is 1. The van der Waals surface area contributed by atoms with Gasteiger partial charge in [-0.2, -0.15) is 0 Å². The molecule has 0 aliphatic heterocycles. The first-order valence-electron chi connectivity index (χ1n) is 6.25. The fourth-order valence-electron chi connectivity index (χ4n) is 1.84. The molecule has 5 nitrogen and oxygen atoms in total. The van der Waals surface area contributed by atoms with Crippen molar-refractivity contribution in [3.63, 3.8) is 0 Å². The van der Waals surface area contributed by atoms with Crippen LogP contribution in [-0.2, 0) is 10.0 Å². The van der Waals surface area contributed by atoms with Crippen molar-refractivity contribution in [3.8, 4) is 10.6 Å². The van der Waals surface area contributed by atoms with E-state index in [2.05, 4.69) is 9.88 Å². The van der Waals surface area contributed by atoms with Gasteiger partial charge in [-0.1, -0.05) is 22.8 Å². The zero-order valence-electron chi connectivity index (χ0n) is 11.4. The number of nitrogens with zero attached hydrogens (tertiary/aromatic N) is 1. The number of rotatable bonds is 4. The summed E-state index contributed by atoms with van der Waals surface area (Å²) in [5.41, 5.74) is 1.30. The number of thiophene rings is 1. The number of nitrogens with one attached hydrogen (secondary N) is 1. The Morgan fingerprint density at radius 3 is 2.73 bits per heavy atom. The molecule has 0 unspecified atom stereocenters. The Morgan fingerprint density at radius 2 is 2.05 bits per heavy atom. The summed E-state index contributed by atoms with van der Waals surface area (Å²) in [7, 11) is -3.70.